The van der Waals surface area contributed by atoms with E-state index < -0.39 is 28.5 Å². The topological polar surface area (TPSA) is 96.0 Å². The summed E-state index contributed by atoms with van der Waals surface area (Å²) in [5.41, 5.74) is 1.78. The first kappa shape index (κ1) is 31.4. The maximum absolute atomic E-state index is 14.3. The van der Waals surface area contributed by atoms with Crippen molar-refractivity contribution >= 4 is 39.1 Å². The molecule has 3 aromatic rings. The number of carbonyl (C=O) groups excluding carboxylic acids is 2. The highest BCUT2D eigenvalue weighted by Gasteiger charge is 2.35. The summed E-state index contributed by atoms with van der Waals surface area (Å²) >= 11 is 6.48. The number of ether oxygens (including phenoxy) is 1. The summed E-state index contributed by atoms with van der Waals surface area (Å²) in [5.74, 6) is -0.496. The zero-order valence-electron chi connectivity index (χ0n) is 24.3. The highest BCUT2D eigenvalue weighted by atomic mass is 35.5. The largest absolute Gasteiger partial charge is 0.495 e. The van der Waals surface area contributed by atoms with Gasteiger partial charge in [0.25, 0.3) is 10.0 Å². The fourth-order valence-electron chi connectivity index (χ4n) is 5.28. The third kappa shape index (κ3) is 7.25. The smallest absolute Gasteiger partial charge is 0.264 e. The van der Waals surface area contributed by atoms with Gasteiger partial charge in [0.2, 0.25) is 11.8 Å². The zero-order valence-corrected chi connectivity index (χ0v) is 25.8. The van der Waals surface area contributed by atoms with Crippen LogP contribution in [0, 0.1) is 6.92 Å². The van der Waals surface area contributed by atoms with Crippen molar-refractivity contribution in [1.82, 2.24) is 10.2 Å². The Morgan fingerprint density at radius 2 is 1.64 bits per heavy atom. The molecule has 1 fully saturated rings. The Morgan fingerprint density at radius 3 is 2.29 bits per heavy atom. The lowest BCUT2D eigenvalue weighted by Gasteiger charge is -2.34. The van der Waals surface area contributed by atoms with Crippen molar-refractivity contribution in [2.45, 2.75) is 69.5 Å². The minimum atomic E-state index is -4.21. The Balaban J connectivity index is 1.75. The van der Waals surface area contributed by atoms with Gasteiger partial charge in [-0.25, -0.2) is 8.42 Å². The number of nitrogens with zero attached hydrogens (tertiary/aromatic N) is 2. The summed E-state index contributed by atoms with van der Waals surface area (Å²) < 4.78 is 34.7. The number of benzene rings is 3. The lowest BCUT2D eigenvalue weighted by atomic mass is 10.1. The lowest BCUT2D eigenvalue weighted by molar-refractivity contribution is -0.140. The normalized spacial score (nSPS) is 14.3. The number of hydrogen-bond donors (Lipinski definition) is 1. The lowest BCUT2D eigenvalue weighted by Crippen LogP contribution is -2.53. The maximum Gasteiger partial charge on any atom is 0.264 e. The van der Waals surface area contributed by atoms with Gasteiger partial charge in [-0.15, -0.1) is 0 Å². The van der Waals surface area contributed by atoms with Crippen molar-refractivity contribution in [3.8, 4) is 5.75 Å². The first-order chi connectivity index (χ1) is 20.1. The molecule has 4 rings (SSSR count). The van der Waals surface area contributed by atoms with Crippen LogP contribution in [-0.4, -0.2) is 50.9 Å². The number of para-hydroxylation sites is 2. The van der Waals surface area contributed by atoms with Crippen LogP contribution >= 0.6 is 11.6 Å². The van der Waals surface area contributed by atoms with E-state index in [4.69, 9.17) is 16.3 Å². The van der Waals surface area contributed by atoms with Crippen LogP contribution in [0.25, 0.3) is 0 Å². The number of methoxy groups -OCH3 is 1. The number of sulfonamides is 1. The number of hydrogen-bond acceptors (Lipinski definition) is 5. The van der Waals surface area contributed by atoms with E-state index in [0.29, 0.717) is 22.8 Å². The molecule has 1 unspecified atom stereocenters. The van der Waals surface area contributed by atoms with Crippen LogP contribution in [0.2, 0.25) is 5.02 Å². The maximum atomic E-state index is 14.3. The standard InChI is InChI=1S/C32H38ClN3O5S/c1-4-28(32(38)34-25-12-6-7-13-25)35(21-24-11-5-8-14-27(24)33)31(37)22-36(29-15-9-10-16-30(29)41-3)42(39,40)26-19-17-23(2)18-20-26/h5,8-11,14-20,25,28H,4,6-7,12-13,21-22H2,1-3H3,(H,34,38). The minimum absolute atomic E-state index is 0.0375. The molecule has 0 radical (unpaired) electrons. The average Bonchev–Trinajstić information content (AvgIpc) is 3.49. The minimum Gasteiger partial charge on any atom is -0.495 e. The SMILES string of the molecule is CCC(C(=O)NC1CCCC1)N(Cc1ccccc1Cl)C(=O)CN(c1ccccc1OC)S(=O)(=O)c1ccc(C)cc1. The predicted molar refractivity (Wildman–Crippen MR) is 165 cm³/mol. The Hall–Kier alpha value is -3.56. The summed E-state index contributed by atoms with van der Waals surface area (Å²) in [6, 6.07) is 19.5. The molecule has 0 aliphatic heterocycles. The van der Waals surface area contributed by atoms with E-state index in [9.17, 15) is 18.0 Å². The molecular formula is C32H38ClN3O5S. The molecule has 8 nitrogen and oxygen atoms in total. The van der Waals surface area contributed by atoms with Crippen LogP contribution in [0.3, 0.4) is 0 Å². The van der Waals surface area contributed by atoms with Crippen LogP contribution in [0.15, 0.2) is 77.7 Å². The number of aryl methyl sites for hydroxylation is 1. The summed E-state index contributed by atoms with van der Waals surface area (Å²) in [5, 5.41) is 3.57. The number of carbonyl (C=O) groups is 2. The van der Waals surface area contributed by atoms with Crippen molar-refractivity contribution in [2.24, 2.45) is 0 Å². The van der Waals surface area contributed by atoms with Crippen molar-refractivity contribution < 1.29 is 22.7 Å². The molecular weight excluding hydrogens is 574 g/mol. The number of rotatable bonds is 12. The molecule has 0 spiro atoms. The van der Waals surface area contributed by atoms with Crippen LogP contribution in [0.1, 0.15) is 50.2 Å². The van der Waals surface area contributed by atoms with E-state index in [0.717, 1.165) is 35.6 Å². The van der Waals surface area contributed by atoms with E-state index in [1.807, 2.05) is 19.9 Å². The monoisotopic (exact) mass is 611 g/mol. The number of nitrogens with one attached hydrogen (secondary N) is 1. The van der Waals surface area contributed by atoms with Crippen LogP contribution in [0.4, 0.5) is 5.69 Å². The Kier molecular flexibility index (Phi) is 10.5. The molecule has 1 N–H and O–H groups in total. The highest BCUT2D eigenvalue weighted by molar-refractivity contribution is 7.92. The second-order valence-electron chi connectivity index (χ2n) is 10.5. The first-order valence-corrected chi connectivity index (χ1v) is 16.0. The average molecular weight is 612 g/mol. The van der Waals surface area contributed by atoms with E-state index in [2.05, 4.69) is 5.32 Å². The number of amides is 2. The molecule has 42 heavy (non-hydrogen) atoms. The fourth-order valence-corrected chi connectivity index (χ4v) is 6.90. The summed E-state index contributed by atoms with van der Waals surface area (Å²) in [4.78, 5) is 29.3. The predicted octanol–water partition coefficient (Wildman–Crippen LogP) is 5.72. The molecule has 10 heteroatoms. The molecule has 3 aromatic carbocycles. The fraction of sp³-hybridized carbons (Fsp3) is 0.375. The molecule has 2 amide bonds. The van der Waals surface area contributed by atoms with E-state index in [1.54, 1.807) is 54.6 Å². The van der Waals surface area contributed by atoms with Gasteiger partial charge in [0.05, 0.1) is 17.7 Å². The summed E-state index contributed by atoms with van der Waals surface area (Å²) in [6.45, 7) is 3.20. The molecule has 0 heterocycles. The Bertz CT molecular complexity index is 1490. The van der Waals surface area contributed by atoms with Crippen molar-refractivity contribution in [3.05, 3.63) is 88.9 Å². The summed E-state index contributed by atoms with van der Waals surface area (Å²) in [6.07, 6.45) is 4.24. The molecule has 1 saturated carbocycles. The molecule has 1 atom stereocenters. The molecule has 224 valence electrons. The van der Waals surface area contributed by atoms with Crippen molar-refractivity contribution in [1.29, 1.82) is 0 Å². The van der Waals surface area contributed by atoms with E-state index in [-0.39, 0.29) is 29.1 Å². The molecule has 0 bridgehead atoms. The van der Waals surface area contributed by atoms with Gasteiger partial charge in [0.1, 0.15) is 18.3 Å². The van der Waals surface area contributed by atoms with Gasteiger partial charge in [-0.3, -0.25) is 13.9 Å². The summed E-state index contributed by atoms with van der Waals surface area (Å²) in [7, 11) is -2.76. The highest BCUT2D eigenvalue weighted by Crippen LogP contribution is 2.33. The number of anilines is 1. The van der Waals surface area contributed by atoms with Gasteiger partial charge in [0.15, 0.2) is 0 Å². The zero-order chi connectivity index (χ0) is 30.3. The van der Waals surface area contributed by atoms with Gasteiger partial charge in [-0.1, -0.05) is 79.4 Å². The Labute approximate surface area is 253 Å². The van der Waals surface area contributed by atoms with Crippen LogP contribution < -0.4 is 14.4 Å². The van der Waals surface area contributed by atoms with Crippen LogP contribution in [-0.2, 0) is 26.2 Å². The number of halogens is 1. The third-order valence-corrected chi connectivity index (χ3v) is 9.77. The quantitative estimate of drug-likeness (QED) is 0.283. The molecule has 0 saturated heterocycles. The Morgan fingerprint density at radius 1 is 1.00 bits per heavy atom. The van der Waals surface area contributed by atoms with Gasteiger partial charge < -0.3 is 15.0 Å². The van der Waals surface area contributed by atoms with Gasteiger partial charge >= 0.3 is 0 Å². The second-order valence-corrected chi connectivity index (χ2v) is 12.8. The molecule has 0 aromatic heterocycles. The van der Waals surface area contributed by atoms with E-state index in [1.165, 1.54) is 24.1 Å². The van der Waals surface area contributed by atoms with Crippen LogP contribution in [0.5, 0.6) is 5.75 Å². The van der Waals surface area contributed by atoms with Crippen molar-refractivity contribution in [3.63, 3.8) is 0 Å². The van der Waals surface area contributed by atoms with Gasteiger partial charge in [-0.05, 0) is 62.1 Å². The molecule has 1 aliphatic carbocycles. The van der Waals surface area contributed by atoms with Gasteiger partial charge in [0, 0.05) is 17.6 Å². The van der Waals surface area contributed by atoms with E-state index >= 15 is 0 Å². The van der Waals surface area contributed by atoms with Gasteiger partial charge in [-0.2, -0.15) is 0 Å². The first-order valence-electron chi connectivity index (χ1n) is 14.2. The molecule has 1 aliphatic rings. The third-order valence-electron chi connectivity index (χ3n) is 7.63. The van der Waals surface area contributed by atoms with Crippen molar-refractivity contribution in [2.75, 3.05) is 18.0 Å². The second kappa shape index (κ2) is 14.1.